The molecule has 106 valence electrons. The number of rotatable bonds is 2. The van der Waals surface area contributed by atoms with Crippen molar-refractivity contribution in [2.45, 2.75) is 13.8 Å². The van der Waals surface area contributed by atoms with Gasteiger partial charge in [-0.2, -0.15) is 0 Å². The Bertz CT molecular complexity index is 723. The summed E-state index contributed by atoms with van der Waals surface area (Å²) >= 11 is 0. The Morgan fingerprint density at radius 2 is 2.00 bits per heavy atom. The molecule has 3 nitrogen and oxygen atoms in total. The number of carbonyl (C=O) groups is 1. The van der Waals surface area contributed by atoms with E-state index in [-0.39, 0.29) is 12.5 Å². The Hall–Kier alpha value is -2.57. The number of aryl methyl sites for hydroxylation is 2. The maximum atomic E-state index is 12.2. The summed E-state index contributed by atoms with van der Waals surface area (Å²) in [4.78, 5) is 12.2. The van der Waals surface area contributed by atoms with Crippen LogP contribution in [0.5, 0.6) is 0 Å². The van der Waals surface area contributed by atoms with E-state index in [0.717, 1.165) is 16.7 Å². The smallest absolute Gasteiger partial charge is 0.255 e. The molecule has 0 atom stereocenters. The minimum Gasteiger partial charge on any atom is -0.384 e. The lowest BCUT2D eigenvalue weighted by atomic mass is 10.1. The Kier molecular flexibility index (Phi) is 4.76. The van der Waals surface area contributed by atoms with Crippen LogP contribution in [0.15, 0.2) is 42.5 Å². The van der Waals surface area contributed by atoms with Crippen LogP contribution in [0.4, 0.5) is 5.69 Å². The average Bonchev–Trinajstić information content (AvgIpc) is 2.47. The van der Waals surface area contributed by atoms with Gasteiger partial charge >= 0.3 is 0 Å². The van der Waals surface area contributed by atoms with Crippen molar-refractivity contribution in [1.29, 1.82) is 0 Å². The minimum absolute atomic E-state index is 0.149. The zero-order chi connectivity index (χ0) is 15.2. The quantitative estimate of drug-likeness (QED) is 0.830. The fourth-order valence-electron chi connectivity index (χ4n) is 1.96. The normalized spacial score (nSPS) is 9.67. The van der Waals surface area contributed by atoms with Crippen molar-refractivity contribution in [3.63, 3.8) is 0 Å². The Morgan fingerprint density at radius 1 is 1.19 bits per heavy atom. The van der Waals surface area contributed by atoms with E-state index in [9.17, 15) is 4.79 Å². The van der Waals surface area contributed by atoms with Gasteiger partial charge in [0.1, 0.15) is 6.61 Å². The molecule has 0 saturated carbocycles. The standard InChI is InChI=1S/C18H17NO2/c1-13-5-3-6-16(11-13)18(21)19-17-9-8-14(2)15(12-17)7-4-10-20/h3,5-6,8-9,11-12,20H,10H2,1-2H3,(H,19,21). The van der Waals surface area contributed by atoms with Gasteiger partial charge in [0.05, 0.1) is 0 Å². The lowest BCUT2D eigenvalue weighted by Crippen LogP contribution is -2.12. The van der Waals surface area contributed by atoms with Gasteiger partial charge in [-0.1, -0.05) is 35.6 Å². The van der Waals surface area contributed by atoms with Crippen molar-refractivity contribution in [1.82, 2.24) is 0 Å². The summed E-state index contributed by atoms with van der Waals surface area (Å²) in [6.45, 7) is 3.71. The lowest BCUT2D eigenvalue weighted by molar-refractivity contribution is 0.102. The number of carbonyl (C=O) groups excluding carboxylic acids is 1. The highest BCUT2D eigenvalue weighted by atomic mass is 16.2. The first kappa shape index (κ1) is 14.8. The second-order valence-electron chi connectivity index (χ2n) is 4.81. The molecule has 0 aromatic heterocycles. The SMILES string of the molecule is Cc1cccc(C(=O)Nc2ccc(C)c(C#CCO)c2)c1. The summed E-state index contributed by atoms with van der Waals surface area (Å²) in [5.41, 5.74) is 4.16. The van der Waals surface area contributed by atoms with Gasteiger partial charge in [0, 0.05) is 16.8 Å². The summed E-state index contributed by atoms with van der Waals surface area (Å²) in [6.07, 6.45) is 0. The largest absolute Gasteiger partial charge is 0.384 e. The van der Waals surface area contributed by atoms with E-state index in [1.807, 2.05) is 50.2 Å². The van der Waals surface area contributed by atoms with Crippen molar-refractivity contribution in [3.05, 3.63) is 64.7 Å². The molecule has 0 fully saturated rings. The first-order chi connectivity index (χ1) is 10.1. The molecule has 21 heavy (non-hydrogen) atoms. The molecule has 2 N–H and O–H groups in total. The van der Waals surface area contributed by atoms with Gasteiger partial charge in [-0.15, -0.1) is 0 Å². The molecule has 2 aromatic carbocycles. The van der Waals surface area contributed by atoms with E-state index in [2.05, 4.69) is 17.2 Å². The van der Waals surface area contributed by atoms with Gasteiger partial charge in [-0.05, 0) is 43.7 Å². The van der Waals surface area contributed by atoms with Crippen LogP contribution in [-0.4, -0.2) is 17.6 Å². The summed E-state index contributed by atoms with van der Waals surface area (Å²) in [7, 11) is 0. The summed E-state index contributed by atoms with van der Waals surface area (Å²) < 4.78 is 0. The van der Waals surface area contributed by atoms with Gasteiger partial charge in [-0.25, -0.2) is 0 Å². The van der Waals surface area contributed by atoms with Crippen LogP contribution in [0.1, 0.15) is 27.0 Å². The van der Waals surface area contributed by atoms with Gasteiger partial charge in [-0.3, -0.25) is 4.79 Å². The Morgan fingerprint density at radius 3 is 2.71 bits per heavy atom. The van der Waals surface area contributed by atoms with Crippen LogP contribution < -0.4 is 5.32 Å². The van der Waals surface area contributed by atoms with E-state index < -0.39 is 0 Å². The highest BCUT2D eigenvalue weighted by Crippen LogP contribution is 2.16. The van der Waals surface area contributed by atoms with Gasteiger partial charge < -0.3 is 10.4 Å². The number of nitrogens with one attached hydrogen (secondary N) is 1. The van der Waals surface area contributed by atoms with Crippen molar-refractivity contribution in [3.8, 4) is 11.8 Å². The fraction of sp³-hybridized carbons (Fsp3) is 0.167. The third-order valence-electron chi connectivity index (χ3n) is 3.08. The maximum Gasteiger partial charge on any atom is 0.255 e. The number of aliphatic hydroxyl groups is 1. The Balaban J connectivity index is 2.21. The second-order valence-corrected chi connectivity index (χ2v) is 4.81. The van der Waals surface area contributed by atoms with Crippen LogP contribution in [0.3, 0.4) is 0 Å². The maximum absolute atomic E-state index is 12.2. The predicted molar refractivity (Wildman–Crippen MR) is 84.3 cm³/mol. The molecule has 0 unspecified atom stereocenters. The van der Waals surface area contributed by atoms with E-state index in [0.29, 0.717) is 11.3 Å². The highest BCUT2D eigenvalue weighted by molar-refractivity contribution is 6.04. The van der Waals surface area contributed by atoms with Crippen LogP contribution in [0.25, 0.3) is 0 Å². The molecule has 3 heteroatoms. The molecular weight excluding hydrogens is 262 g/mol. The van der Waals surface area contributed by atoms with E-state index in [1.54, 1.807) is 6.07 Å². The predicted octanol–water partition coefficient (Wildman–Crippen LogP) is 2.90. The Labute approximate surface area is 124 Å². The molecule has 0 aliphatic heterocycles. The van der Waals surface area contributed by atoms with Crippen molar-refractivity contribution < 1.29 is 9.90 Å². The van der Waals surface area contributed by atoms with E-state index >= 15 is 0 Å². The third kappa shape index (κ3) is 3.95. The lowest BCUT2D eigenvalue weighted by Gasteiger charge is -2.08. The first-order valence-corrected chi connectivity index (χ1v) is 6.68. The van der Waals surface area contributed by atoms with Crippen LogP contribution in [0, 0.1) is 25.7 Å². The highest BCUT2D eigenvalue weighted by Gasteiger charge is 2.07. The van der Waals surface area contributed by atoms with Crippen LogP contribution in [0.2, 0.25) is 0 Å². The number of anilines is 1. The second kappa shape index (κ2) is 6.74. The van der Waals surface area contributed by atoms with E-state index in [4.69, 9.17) is 5.11 Å². The first-order valence-electron chi connectivity index (χ1n) is 6.68. The molecule has 0 heterocycles. The minimum atomic E-state index is -0.181. The third-order valence-corrected chi connectivity index (χ3v) is 3.08. The van der Waals surface area contributed by atoms with Crippen molar-refractivity contribution >= 4 is 11.6 Å². The van der Waals surface area contributed by atoms with Gasteiger partial charge in [0.2, 0.25) is 0 Å². The topological polar surface area (TPSA) is 49.3 Å². The molecule has 0 spiro atoms. The van der Waals surface area contributed by atoms with Crippen molar-refractivity contribution in [2.24, 2.45) is 0 Å². The molecule has 0 aliphatic rings. The molecule has 0 radical (unpaired) electrons. The molecule has 0 saturated heterocycles. The molecule has 2 aromatic rings. The monoisotopic (exact) mass is 279 g/mol. The summed E-state index contributed by atoms with van der Waals surface area (Å²) in [6, 6.07) is 13.0. The molecule has 2 rings (SSSR count). The van der Waals surface area contributed by atoms with Gasteiger partial charge in [0.15, 0.2) is 0 Å². The average molecular weight is 279 g/mol. The number of benzene rings is 2. The van der Waals surface area contributed by atoms with Crippen molar-refractivity contribution in [2.75, 3.05) is 11.9 Å². The van der Waals surface area contributed by atoms with E-state index in [1.165, 1.54) is 0 Å². The molecule has 0 bridgehead atoms. The zero-order valence-corrected chi connectivity index (χ0v) is 12.1. The number of hydrogen-bond donors (Lipinski definition) is 2. The molecule has 1 amide bonds. The summed E-state index contributed by atoms with van der Waals surface area (Å²) in [5, 5.41) is 11.6. The van der Waals surface area contributed by atoms with Crippen LogP contribution in [-0.2, 0) is 0 Å². The summed E-state index contributed by atoms with van der Waals surface area (Å²) in [5.74, 6) is 5.34. The van der Waals surface area contributed by atoms with Gasteiger partial charge in [0.25, 0.3) is 5.91 Å². The van der Waals surface area contributed by atoms with Crippen LogP contribution >= 0.6 is 0 Å². The number of hydrogen-bond acceptors (Lipinski definition) is 2. The number of aliphatic hydroxyl groups excluding tert-OH is 1. The fourth-order valence-corrected chi connectivity index (χ4v) is 1.96. The number of amides is 1. The molecular formula is C18H17NO2. The molecule has 0 aliphatic carbocycles. The zero-order valence-electron chi connectivity index (χ0n) is 12.1.